The summed E-state index contributed by atoms with van der Waals surface area (Å²) < 4.78 is 13.4. The van der Waals surface area contributed by atoms with Crippen LogP contribution in [0.3, 0.4) is 0 Å². The van der Waals surface area contributed by atoms with Crippen molar-refractivity contribution in [3.8, 4) is 6.07 Å². The maximum Gasteiger partial charge on any atom is 0.338 e. The van der Waals surface area contributed by atoms with E-state index in [0.29, 0.717) is 4.47 Å². The third-order valence-corrected chi connectivity index (χ3v) is 1.85. The van der Waals surface area contributed by atoms with Gasteiger partial charge < -0.3 is 5.11 Å². The molecule has 1 aromatic carbocycles. The summed E-state index contributed by atoms with van der Waals surface area (Å²) in [5.41, 5.74) is -0.794. The fourth-order valence-electron chi connectivity index (χ4n) is 0.826. The van der Waals surface area contributed by atoms with Crippen molar-refractivity contribution in [1.29, 1.82) is 5.26 Å². The third-order valence-electron chi connectivity index (χ3n) is 1.39. The molecule has 0 heterocycles. The molecule has 0 saturated carbocycles. The van der Waals surface area contributed by atoms with Crippen LogP contribution in [0, 0.1) is 17.1 Å². The second kappa shape index (κ2) is 3.54. The lowest BCUT2D eigenvalue weighted by molar-refractivity contribution is 0.0691. The third kappa shape index (κ3) is 1.84. The maximum atomic E-state index is 13.1. The number of hydrogen-bond acceptors (Lipinski definition) is 2. The molecular formula is C8H3BrFNO2. The van der Waals surface area contributed by atoms with Crippen LogP contribution in [-0.4, -0.2) is 11.1 Å². The van der Waals surface area contributed by atoms with Crippen LogP contribution in [-0.2, 0) is 0 Å². The molecule has 0 unspecified atom stereocenters. The first kappa shape index (κ1) is 9.68. The summed E-state index contributed by atoms with van der Waals surface area (Å²) in [4.78, 5) is 10.5. The molecule has 0 aliphatic carbocycles. The minimum absolute atomic E-state index is 0.285. The van der Waals surface area contributed by atoms with E-state index in [1.807, 2.05) is 0 Å². The molecule has 0 fully saturated rings. The van der Waals surface area contributed by atoms with Crippen molar-refractivity contribution in [3.63, 3.8) is 0 Å². The van der Waals surface area contributed by atoms with Crippen molar-refractivity contribution < 1.29 is 14.3 Å². The standard InChI is InChI=1S/C8H3BrFNO2/c9-5-1-4(3-11)7(10)6(2-5)8(12)13/h1-2H,(H,12,13). The zero-order chi connectivity index (χ0) is 10.0. The minimum atomic E-state index is -1.39. The van der Waals surface area contributed by atoms with Gasteiger partial charge in [0.15, 0.2) is 5.82 Å². The molecule has 0 saturated heterocycles. The molecule has 1 N–H and O–H groups in total. The molecule has 3 nitrogen and oxygen atoms in total. The molecule has 0 amide bonds. The zero-order valence-corrected chi connectivity index (χ0v) is 7.80. The maximum absolute atomic E-state index is 13.1. The second-order valence-corrected chi connectivity index (χ2v) is 3.15. The molecule has 1 aromatic rings. The molecule has 1 rings (SSSR count). The Morgan fingerprint density at radius 2 is 2.23 bits per heavy atom. The van der Waals surface area contributed by atoms with Crippen LogP contribution in [0.25, 0.3) is 0 Å². The van der Waals surface area contributed by atoms with Gasteiger partial charge >= 0.3 is 5.97 Å². The fourth-order valence-corrected chi connectivity index (χ4v) is 1.28. The highest BCUT2D eigenvalue weighted by Gasteiger charge is 2.15. The molecule has 0 bridgehead atoms. The van der Waals surface area contributed by atoms with Gasteiger partial charge in [-0.1, -0.05) is 15.9 Å². The molecule has 0 atom stereocenters. The Morgan fingerprint density at radius 1 is 1.62 bits per heavy atom. The predicted molar refractivity (Wildman–Crippen MR) is 45.8 cm³/mol. The van der Waals surface area contributed by atoms with Crippen molar-refractivity contribution in [1.82, 2.24) is 0 Å². The van der Waals surface area contributed by atoms with Crippen molar-refractivity contribution in [2.75, 3.05) is 0 Å². The van der Waals surface area contributed by atoms with E-state index >= 15 is 0 Å². The van der Waals surface area contributed by atoms with E-state index in [0.717, 1.165) is 6.07 Å². The van der Waals surface area contributed by atoms with Gasteiger partial charge in [-0.05, 0) is 12.1 Å². The Morgan fingerprint density at radius 3 is 2.69 bits per heavy atom. The number of carboxylic acids is 1. The molecule has 0 spiro atoms. The number of aromatic carboxylic acids is 1. The number of carbonyl (C=O) groups is 1. The monoisotopic (exact) mass is 243 g/mol. The Labute approximate surface area is 81.5 Å². The first-order chi connectivity index (χ1) is 6.06. The summed E-state index contributed by atoms with van der Waals surface area (Å²) in [5, 5.41) is 17.0. The first-order valence-corrected chi connectivity index (χ1v) is 3.98. The second-order valence-electron chi connectivity index (χ2n) is 2.23. The summed E-state index contributed by atoms with van der Waals surface area (Å²) in [5.74, 6) is -2.39. The van der Waals surface area contributed by atoms with E-state index in [-0.39, 0.29) is 5.56 Å². The normalized spacial score (nSPS) is 9.31. The molecule has 5 heteroatoms. The van der Waals surface area contributed by atoms with Crippen LogP contribution in [0.1, 0.15) is 15.9 Å². The number of carboxylic acid groups (broad SMARTS) is 1. The van der Waals surface area contributed by atoms with Crippen LogP contribution in [0.5, 0.6) is 0 Å². The van der Waals surface area contributed by atoms with E-state index in [2.05, 4.69) is 15.9 Å². The van der Waals surface area contributed by atoms with Gasteiger partial charge in [-0.25, -0.2) is 9.18 Å². The summed E-state index contributed by atoms with van der Waals surface area (Å²) in [6.07, 6.45) is 0. The Kier molecular flexibility index (Phi) is 2.63. The lowest BCUT2D eigenvalue weighted by Gasteiger charge is -1.99. The van der Waals surface area contributed by atoms with Crippen LogP contribution >= 0.6 is 15.9 Å². The van der Waals surface area contributed by atoms with E-state index in [4.69, 9.17) is 10.4 Å². The Bertz CT molecular complexity index is 411. The number of hydrogen-bond donors (Lipinski definition) is 1. The highest BCUT2D eigenvalue weighted by molar-refractivity contribution is 9.10. The topological polar surface area (TPSA) is 61.1 Å². The van der Waals surface area contributed by atoms with E-state index in [1.165, 1.54) is 6.07 Å². The first-order valence-electron chi connectivity index (χ1n) is 3.18. The van der Waals surface area contributed by atoms with Gasteiger partial charge in [0, 0.05) is 4.47 Å². The highest BCUT2D eigenvalue weighted by atomic mass is 79.9. The number of halogens is 2. The number of benzene rings is 1. The lowest BCUT2D eigenvalue weighted by Crippen LogP contribution is -2.02. The largest absolute Gasteiger partial charge is 0.478 e. The van der Waals surface area contributed by atoms with Crippen molar-refractivity contribution in [3.05, 3.63) is 33.5 Å². The average Bonchev–Trinajstić information content (AvgIpc) is 2.08. The van der Waals surface area contributed by atoms with Crippen molar-refractivity contribution >= 4 is 21.9 Å². The molecule has 0 radical (unpaired) electrons. The Balaban J connectivity index is 3.47. The zero-order valence-electron chi connectivity index (χ0n) is 6.21. The molecule has 66 valence electrons. The molecule has 0 aromatic heterocycles. The number of nitrogens with zero attached hydrogens (tertiary/aromatic N) is 1. The Hall–Kier alpha value is -1.41. The van der Waals surface area contributed by atoms with Gasteiger partial charge in [-0.3, -0.25) is 0 Å². The van der Waals surface area contributed by atoms with Crippen LogP contribution in [0.2, 0.25) is 0 Å². The quantitative estimate of drug-likeness (QED) is 0.823. The molecule has 0 aliphatic heterocycles. The smallest absolute Gasteiger partial charge is 0.338 e. The van der Waals surface area contributed by atoms with Gasteiger partial charge in [0.2, 0.25) is 0 Å². The fraction of sp³-hybridized carbons (Fsp3) is 0. The summed E-state index contributed by atoms with van der Waals surface area (Å²) in [6.45, 7) is 0. The van der Waals surface area contributed by atoms with Gasteiger partial charge in [0.05, 0.1) is 11.1 Å². The van der Waals surface area contributed by atoms with E-state index < -0.39 is 17.3 Å². The van der Waals surface area contributed by atoms with Crippen LogP contribution < -0.4 is 0 Å². The van der Waals surface area contributed by atoms with Gasteiger partial charge in [0.1, 0.15) is 6.07 Å². The van der Waals surface area contributed by atoms with Crippen molar-refractivity contribution in [2.45, 2.75) is 0 Å². The summed E-state index contributed by atoms with van der Waals surface area (Å²) >= 11 is 2.98. The van der Waals surface area contributed by atoms with Crippen LogP contribution in [0.15, 0.2) is 16.6 Å². The molecule has 0 aliphatic rings. The lowest BCUT2D eigenvalue weighted by atomic mass is 10.1. The number of rotatable bonds is 1. The highest BCUT2D eigenvalue weighted by Crippen LogP contribution is 2.19. The molecule has 13 heavy (non-hydrogen) atoms. The van der Waals surface area contributed by atoms with E-state index in [9.17, 15) is 9.18 Å². The van der Waals surface area contributed by atoms with Gasteiger partial charge in [-0.2, -0.15) is 5.26 Å². The van der Waals surface area contributed by atoms with Gasteiger partial charge in [0.25, 0.3) is 0 Å². The summed E-state index contributed by atoms with van der Waals surface area (Å²) in [6, 6.07) is 3.90. The molecular weight excluding hydrogens is 241 g/mol. The summed E-state index contributed by atoms with van der Waals surface area (Å²) in [7, 11) is 0. The minimum Gasteiger partial charge on any atom is -0.478 e. The SMILES string of the molecule is N#Cc1cc(Br)cc(C(=O)O)c1F. The van der Waals surface area contributed by atoms with Gasteiger partial charge in [-0.15, -0.1) is 0 Å². The van der Waals surface area contributed by atoms with Crippen molar-refractivity contribution in [2.24, 2.45) is 0 Å². The van der Waals surface area contributed by atoms with Crippen LogP contribution in [0.4, 0.5) is 4.39 Å². The predicted octanol–water partition coefficient (Wildman–Crippen LogP) is 2.16. The number of nitriles is 1. The average molecular weight is 244 g/mol. The van der Waals surface area contributed by atoms with E-state index in [1.54, 1.807) is 6.07 Å².